The Morgan fingerprint density at radius 3 is 1.54 bits per heavy atom. The van der Waals surface area contributed by atoms with Crippen LogP contribution in [0.5, 0.6) is 0 Å². The summed E-state index contributed by atoms with van der Waals surface area (Å²) < 4.78 is 0. The quantitative estimate of drug-likeness (QED) is 0.139. The van der Waals surface area contributed by atoms with Crippen LogP contribution in [0.3, 0.4) is 0 Å². The third kappa shape index (κ3) is 4.59. The molecule has 0 saturated heterocycles. The lowest BCUT2D eigenvalue weighted by atomic mass is 9.86. The van der Waals surface area contributed by atoms with Crippen LogP contribution >= 0.6 is 0 Å². The second-order valence-corrected chi connectivity index (χ2v) is 13.1. The van der Waals surface area contributed by atoms with Crippen LogP contribution in [0.25, 0.3) is 98.6 Å². The van der Waals surface area contributed by atoms with Gasteiger partial charge >= 0.3 is 0 Å². The second-order valence-electron chi connectivity index (χ2n) is 13.1. The molecule has 0 aliphatic heterocycles. The van der Waals surface area contributed by atoms with Gasteiger partial charge in [0.1, 0.15) is 0 Å². The first-order valence-corrected chi connectivity index (χ1v) is 17.2. The number of benzene rings is 9. The Bertz CT molecular complexity index is 2870. The number of pyridine rings is 1. The van der Waals surface area contributed by atoms with Gasteiger partial charge in [0.15, 0.2) is 0 Å². The molecule has 1 heterocycles. The molecule has 1 aromatic heterocycles. The molecule has 9 aromatic carbocycles. The van der Waals surface area contributed by atoms with Crippen LogP contribution in [0.4, 0.5) is 0 Å². The van der Waals surface area contributed by atoms with Gasteiger partial charge in [-0.25, -0.2) is 4.98 Å². The van der Waals surface area contributed by atoms with Gasteiger partial charge in [0, 0.05) is 11.1 Å². The van der Waals surface area contributed by atoms with Crippen molar-refractivity contribution in [1.82, 2.24) is 4.98 Å². The Hall–Kier alpha value is -6.57. The van der Waals surface area contributed by atoms with Gasteiger partial charge in [0.2, 0.25) is 0 Å². The van der Waals surface area contributed by atoms with E-state index in [0.29, 0.717) is 0 Å². The fraction of sp³-hybridized carbons (Fsp3) is 0. The summed E-state index contributed by atoms with van der Waals surface area (Å²) in [6.45, 7) is 0. The number of hydrogen-bond acceptors (Lipinski definition) is 1. The Morgan fingerprint density at radius 1 is 0.260 bits per heavy atom. The van der Waals surface area contributed by atoms with Crippen molar-refractivity contribution in [3.8, 4) is 44.8 Å². The molecule has 0 bridgehead atoms. The van der Waals surface area contributed by atoms with Crippen LogP contribution in [-0.4, -0.2) is 4.98 Å². The van der Waals surface area contributed by atoms with Crippen molar-refractivity contribution in [3.63, 3.8) is 0 Å². The van der Waals surface area contributed by atoms with Crippen molar-refractivity contribution in [2.75, 3.05) is 0 Å². The van der Waals surface area contributed by atoms with Gasteiger partial charge in [0.05, 0.1) is 11.4 Å². The molecule has 0 radical (unpaired) electrons. The van der Waals surface area contributed by atoms with Gasteiger partial charge in [-0.15, -0.1) is 0 Å². The van der Waals surface area contributed by atoms with Crippen LogP contribution in [0.1, 0.15) is 0 Å². The zero-order chi connectivity index (χ0) is 33.0. The number of fused-ring (bicyclic) bond motifs is 6. The summed E-state index contributed by atoms with van der Waals surface area (Å²) in [5.74, 6) is 0. The van der Waals surface area contributed by atoms with E-state index in [-0.39, 0.29) is 0 Å². The molecule has 10 rings (SSSR count). The van der Waals surface area contributed by atoms with E-state index in [1.165, 1.54) is 81.7 Å². The Labute approximate surface area is 290 Å². The predicted octanol–water partition coefficient (Wildman–Crippen LogP) is 13.5. The highest BCUT2D eigenvalue weighted by Gasteiger charge is 2.18. The molecule has 232 valence electrons. The maximum atomic E-state index is 5.37. The van der Waals surface area contributed by atoms with Crippen molar-refractivity contribution in [2.45, 2.75) is 0 Å². The highest BCUT2D eigenvalue weighted by Crippen LogP contribution is 2.44. The molecule has 0 saturated carbocycles. The third-order valence-corrected chi connectivity index (χ3v) is 10.2. The molecular formula is C49H31N. The summed E-state index contributed by atoms with van der Waals surface area (Å²) >= 11 is 0. The highest BCUT2D eigenvalue weighted by atomic mass is 14.7. The van der Waals surface area contributed by atoms with Gasteiger partial charge in [-0.1, -0.05) is 164 Å². The van der Waals surface area contributed by atoms with Crippen molar-refractivity contribution >= 4 is 53.9 Å². The first-order valence-electron chi connectivity index (χ1n) is 17.2. The largest absolute Gasteiger partial charge is 0.248 e. The van der Waals surface area contributed by atoms with Crippen LogP contribution < -0.4 is 0 Å². The molecule has 0 N–H and O–H groups in total. The molecule has 0 aliphatic rings. The molecule has 0 atom stereocenters. The van der Waals surface area contributed by atoms with E-state index >= 15 is 0 Å². The van der Waals surface area contributed by atoms with Gasteiger partial charge in [-0.2, -0.15) is 0 Å². The monoisotopic (exact) mass is 633 g/mol. The molecule has 1 nitrogen and oxygen atoms in total. The van der Waals surface area contributed by atoms with E-state index in [0.717, 1.165) is 17.0 Å². The first-order chi connectivity index (χ1) is 24.8. The third-order valence-electron chi connectivity index (χ3n) is 10.2. The minimum absolute atomic E-state index is 0.970. The average Bonchev–Trinajstić information content (AvgIpc) is 3.19. The summed E-state index contributed by atoms with van der Waals surface area (Å²) in [5, 5.41) is 12.4. The topological polar surface area (TPSA) is 12.9 Å². The van der Waals surface area contributed by atoms with Crippen LogP contribution in [-0.2, 0) is 0 Å². The van der Waals surface area contributed by atoms with E-state index in [2.05, 4.69) is 188 Å². The van der Waals surface area contributed by atoms with E-state index in [1.54, 1.807) is 0 Å². The summed E-state index contributed by atoms with van der Waals surface area (Å²) in [5.41, 5.74) is 9.15. The Kier molecular flexibility index (Phi) is 6.57. The normalized spacial score (nSPS) is 11.6. The van der Waals surface area contributed by atoms with Crippen molar-refractivity contribution in [1.29, 1.82) is 0 Å². The van der Waals surface area contributed by atoms with Crippen molar-refractivity contribution in [2.24, 2.45) is 0 Å². The van der Waals surface area contributed by atoms with Gasteiger partial charge in [-0.05, 0) is 100 Å². The van der Waals surface area contributed by atoms with E-state index in [9.17, 15) is 0 Å². The zero-order valence-electron chi connectivity index (χ0n) is 27.3. The number of nitrogens with zero attached hydrogens (tertiary/aromatic N) is 1. The molecule has 50 heavy (non-hydrogen) atoms. The minimum atomic E-state index is 0.970. The number of aromatic nitrogens is 1. The maximum absolute atomic E-state index is 5.37. The van der Waals surface area contributed by atoms with E-state index in [4.69, 9.17) is 4.98 Å². The van der Waals surface area contributed by atoms with Crippen LogP contribution in [0, 0.1) is 0 Å². The molecule has 0 unspecified atom stereocenters. The smallest absolute Gasteiger partial charge is 0.0722 e. The first kappa shape index (κ1) is 28.4. The molecule has 0 amide bonds. The molecular weight excluding hydrogens is 603 g/mol. The predicted molar refractivity (Wildman–Crippen MR) is 214 cm³/mol. The van der Waals surface area contributed by atoms with Gasteiger partial charge in [-0.3, -0.25) is 0 Å². The lowest BCUT2D eigenvalue weighted by molar-refractivity contribution is 1.34. The van der Waals surface area contributed by atoms with Crippen molar-refractivity contribution < 1.29 is 0 Å². The Morgan fingerprint density at radius 2 is 0.780 bits per heavy atom. The zero-order valence-corrected chi connectivity index (χ0v) is 27.3. The van der Waals surface area contributed by atoms with Gasteiger partial charge < -0.3 is 0 Å². The summed E-state index contributed by atoms with van der Waals surface area (Å²) in [6.07, 6.45) is 0. The minimum Gasteiger partial charge on any atom is -0.248 e. The van der Waals surface area contributed by atoms with E-state index < -0.39 is 0 Å². The van der Waals surface area contributed by atoms with Gasteiger partial charge in [0.25, 0.3) is 0 Å². The standard InChI is InChI=1S/C49H31N/c1-3-17-38-32(12-1)14-10-23-40(38)34-15-9-16-37(31-34)48-42-19-5-7-21-44(42)49(45-22-8-6-20-43(45)48)47-25-11-24-46(50-47)36-28-29-41-35(30-36)27-26-33-13-2-4-18-39(33)41/h1-31H. The lowest BCUT2D eigenvalue weighted by Crippen LogP contribution is -1.94. The average molecular weight is 634 g/mol. The molecule has 0 fully saturated rings. The fourth-order valence-corrected chi connectivity index (χ4v) is 7.94. The fourth-order valence-electron chi connectivity index (χ4n) is 7.94. The van der Waals surface area contributed by atoms with Crippen LogP contribution in [0.15, 0.2) is 188 Å². The highest BCUT2D eigenvalue weighted by molar-refractivity contribution is 6.21. The maximum Gasteiger partial charge on any atom is 0.0722 e. The molecule has 1 heteroatoms. The number of hydrogen-bond donors (Lipinski definition) is 0. The lowest BCUT2D eigenvalue weighted by Gasteiger charge is -2.18. The summed E-state index contributed by atoms with van der Waals surface area (Å²) in [7, 11) is 0. The molecule has 0 spiro atoms. The summed E-state index contributed by atoms with van der Waals surface area (Å²) in [4.78, 5) is 5.37. The summed E-state index contributed by atoms with van der Waals surface area (Å²) in [6, 6.07) is 68.1. The van der Waals surface area contributed by atoms with E-state index in [1.807, 2.05) is 0 Å². The van der Waals surface area contributed by atoms with Crippen molar-refractivity contribution in [3.05, 3.63) is 188 Å². The number of rotatable bonds is 4. The second kappa shape index (κ2) is 11.5. The Balaban J connectivity index is 1.16. The molecule has 10 aromatic rings. The molecule has 0 aliphatic carbocycles. The SMILES string of the molecule is c1cc(-c2cccc3ccccc23)cc(-c2c3ccccc3c(-c3cccc(-c4ccc5c(ccc6ccccc65)c4)n3)c3ccccc23)c1. The van der Waals surface area contributed by atoms with Crippen LogP contribution in [0.2, 0.25) is 0 Å².